The number of benzene rings is 1. The quantitative estimate of drug-likeness (QED) is 0.843. The highest BCUT2D eigenvalue weighted by molar-refractivity contribution is 5.84. The molecular formula is C19H28N2O2. The molecule has 126 valence electrons. The number of aliphatic carboxylic acids is 1. The maximum absolute atomic E-state index is 11.6. The van der Waals surface area contributed by atoms with E-state index in [-0.39, 0.29) is 11.5 Å². The highest BCUT2D eigenvalue weighted by Gasteiger charge is 2.23. The maximum Gasteiger partial charge on any atom is 0.320 e. The molecule has 2 atom stereocenters. The van der Waals surface area contributed by atoms with E-state index in [9.17, 15) is 9.90 Å². The molecule has 0 bridgehead atoms. The van der Waals surface area contributed by atoms with Gasteiger partial charge in [-0.3, -0.25) is 10.1 Å². The molecule has 23 heavy (non-hydrogen) atoms. The molecule has 2 N–H and O–H groups in total. The van der Waals surface area contributed by atoms with Crippen LogP contribution in [-0.2, 0) is 11.8 Å². The van der Waals surface area contributed by atoms with E-state index >= 15 is 0 Å². The average molecular weight is 316 g/mol. The monoisotopic (exact) mass is 316 g/mol. The van der Waals surface area contributed by atoms with Gasteiger partial charge in [-0.05, 0) is 42.9 Å². The van der Waals surface area contributed by atoms with Crippen molar-refractivity contribution in [2.45, 2.75) is 52.6 Å². The summed E-state index contributed by atoms with van der Waals surface area (Å²) in [5.41, 5.74) is 2.45. The second kappa shape index (κ2) is 6.75. The topological polar surface area (TPSA) is 54.3 Å². The Kier molecular flexibility index (Phi) is 5.15. The summed E-state index contributed by atoms with van der Waals surface area (Å²) in [6.07, 6.45) is 3.54. The zero-order valence-electron chi connectivity index (χ0n) is 14.8. The first-order valence-electron chi connectivity index (χ1n) is 8.22. The van der Waals surface area contributed by atoms with Crippen LogP contribution in [0, 0.1) is 5.41 Å². The fourth-order valence-corrected chi connectivity index (χ4v) is 2.95. The van der Waals surface area contributed by atoms with E-state index in [1.54, 1.807) is 0 Å². The molecule has 0 radical (unpaired) electrons. The molecule has 0 saturated heterocycles. The Morgan fingerprint density at radius 1 is 1.30 bits per heavy atom. The molecule has 1 aromatic heterocycles. The molecule has 0 unspecified atom stereocenters. The fourth-order valence-electron chi connectivity index (χ4n) is 2.95. The third kappa shape index (κ3) is 4.35. The van der Waals surface area contributed by atoms with Gasteiger partial charge in [0.25, 0.3) is 0 Å². The van der Waals surface area contributed by atoms with Crippen molar-refractivity contribution in [3.63, 3.8) is 0 Å². The average Bonchev–Trinajstić information content (AvgIpc) is 2.83. The molecular weight excluding hydrogens is 288 g/mol. The summed E-state index contributed by atoms with van der Waals surface area (Å²) in [6, 6.07) is 7.74. The van der Waals surface area contributed by atoms with Crippen LogP contribution in [0.3, 0.4) is 0 Å². The van der Waals surface area contributed by atoms with Crippen molar-refractivity contribution in [2.75, 3.05) is 0 Å². The van der Waals surface area contributed by atoms with Crippen LogP contribution in [-0.4, -0.2) is 21.7 Å². The molecule has 4 nitrogen and oxygen atoms in total. The van der Waals surface area contributed by atoms with Crippen LogP contribution in [0.2, 0.25) is 0 Å². The Labute approximate surface area is 138 Å². The van der Waals surface area contributed by atoms with Gasteiger partial charge in [0.1, 0.15) is 6.04 Å². The van der Waals surface area contributed by atoms with E-state index in [2.05, 4.69) is 48.9 Å². The lowest BCUT2D eigenvalue weighted by Crippen LogP contribution is -2.39. The Hall–Kier alpha value is -1.81. The van der Waals surface area contributed by atoms with Crippen molar-refractivity contribution in [1.29, 1.82) is 0 Å². The van der Waals surface area contributed by atoms with Gasteiger partial charge in [-0.25, -0.2) is 0 Å². The summed E-state index contributed by atoms with van der Waals surface area (Å²) in [6.45, 7) is 8.45. The second-order valence-electron chi connectivity index (χ2n) is 7.59. The van der Waals surface area contributed by atoms with Crippen LogP contribution >= 0.6 is 0 Å². The SMILES string of the molecule is C[C@H](N[C@@H](CCC(C)(C)C)C(=O)O)c1cccc2c1ccn2C. The first-order valence-corrected chi connectivity index (χ1v) is 8.22. The standard InChI is InChI=1S/C19H28N2O2/c1-13(20-16(18(22)23)9-11-19(2,3)4)14-7-6-8-17-15(14)10-12-21(17)5/h6-8,10,12-13,16,20H,9,11H2,1-5H3,(H,22,23)/t13-,16-/m0/s1. The van der Waals surface area contributed by atoms with Gasteiger partial charge >= 0.3 is 5.97 Å². The number of carbonyl (C=O) groups is 1. The summed E-state index contributed by atoms with van der Waals surface area (Å²) in [5, 5.41) is 14.0. The van der Waals surface area contributed by atoms with Crippen LogP contribution in [0.15, 0.2) is 30.5 Å². The summed E-state index contributed by atoms with van der Waals surface area (Å²) in [4.78, 5) is 11.6. The van der Waals surface area contributed by atoms with Gasteiger partial charge in [0.2, 0.25) is 0 Å². The summed E-state index contributed by atoms with van der Waals surface area (Å²) in [5.74, 6) is -0.777. The molecule has 1 heterocycles. The first-order chi connectivity index (χ1) is 10.7. The zero-order chi connectivity index (χ0) is 17.2. The van der Waals surface area contributed by atoms with E-state index in [0.29, 0.717) is 6.42 Å². The third-order valence-corrected chi connectivity index (χ3v) is 4.36. The summed E-state index contributed by atoms with van der Waals surface area (Å²) in [7, 11) is 2.02. The molecule has 0 aliphatic heterocycles. The molecule has 0 aliphatic carbocycles. The molecule has 0 spiro atoms. The maximum atomic E-state index is 11.6. The molecule has 2 aromatic rings. The number of carboxylic acid groups (broad SMARTS) is 1. The van der Waals surface area contributed by atoms with Crippen LogP contribution in [0.5, 0.6) is 0 Å². The minimum absolute atomic E-state index is 0.0119. The Morgan fingerprint density at radius 3 is 2.61 bits per heavy atom. The predicted molar refractivity (Wildman–Crippen MR) is 94.6 cm³/mol. The van der Waals surface area contributed by atoms with Gasteiger partial charge in [-0.15, -0.1) is 0 Å². The van der Waals surface area contributed by atoms with Crippen molar-refractivity contribution >= 4 is 16.9 Å². The molecule has 0 amide bonds. The number of carboxylic acids is 1. The van der Waals surface area contributed by atoms with Crippen molar-refractivity contribution in [3.8, 4) is 0 Å². The predicted octanol–water partition coefficient (Wildman–Crippen LogP) is 4.11. The molecule has 2 rings (SSSR count). The largest absolute Gasteiger partial charge is 0.480 e. The van der Waals surface area contributed by atoms with Gasteiger partial charge in [-0.2, -0.15) is 0 Å². The van der Waals surface area contributed by atoms with Gasteiger partial charge in [0, 0.05) is 30.2 Å². The van der Waals surface area contributed by atoms with Crippen molar-refractivity contribution in [3.05, 3.63) is 36.0 Å². The molecule has 0 saturated carbocycles. The van der Waals surface area contributed by atoms with E-state index in [4.69, 9.17) is 0 Å². The third-order valence-electron chi connectivity index (χ3n) is 4.36. The molecule has 0 fully saturated rings. The Bertz CT molecular complexity index is 682. The minimum atomic E-state index is -0.777. The van der Waals surface area contributed by atoms with Crippen LogP contribution in [0.1, 0.15) is 52.1 Å². The van der Waals surface area contributed by atoms with E-state index in [1.165, 1.54) is 5.39 Å². The number of hydrogen-bond acceptors (Lipinski definition) is 2. The van der Waals surface area contributed by atoms with Gasteiger partial charge in [0.15, 0.2) is 0 Å². The van der Waals surface area contributed by atoms with Crippen LogP contribution < -0.4 is 5.32 Å². The first kappa shape index (κ1) is 17.5. The van der Waals surface area contributed by atoms with Gasteiger partial charge in [-0.1, -0.05) is 32.9 Å². The smallest absolute Gasteiger partial charge is 0.320 e. The number of fused-ring (bicyclic) bond motifs is 1. The van der Waals surface area contributed by atoms with E-state index < -0.39 is 12.0 Å². The normalized spacial score (nSPS) is 14.8. The number of hydrogen-bond donors (Lipinski definition) is 2. The number of rotatable bonds is 6. The fraction of sp³-hybridized carbons (Fsp3) is 0.526. The highest BCUT2D eigenvalue weighted by Crippen LogP contribution is 2.26. The summed E-state index contributed by atoms with van der Waals surface area (Å²) >= 11 is 0. The molecule has 0 aliphatic rings. The minimum Gasteiger partial charge on any atom is -0.480 e. The Morgan fingerprint density at radius 2 is 2.00 bits per heavy atom. The summed E-state index contributed by atoms with van der Waals surface area (Å²) < 4.78 is 2.08. The van der Waals surface area contributed by atoms with Crippen molar-refractivity contribution < 1.29 is 9.90 Å². The molecule has 4 heteroatoms. The number of nitrogens with zero attached hydrogens (tertiary/aromatic N) is 1. The van der Waals surface area contributed by atoms with Crippen molar-refractivity contribution in [2.24, 2.45) is 12.5 Å². The second-order valence-corrected chi connectivity index (χ2v) is 7.59. The van der Waals surface area contributed by atoms with E-state index in [0.717, 1.165) is 17.5 Å². The lowest BCUT2D eigenvalue weighted by molar-refractivity contribution is -0.140. The van der Waals surface area contributed by atoms with Crippen LogP contribution in [0.4, 0.5) is 0 Å². The number of aromatic nitrogens is 1. The number of nitrogens with one attached hydrogen (secondary N) is 1. The van der Waals surface area contributed by atoms with E-state index in [1.807, 2.05) is 26.2 Å². The lowest BCUT2D eigenvalue weighted by atomic mass is 9.88. The van der Waals surface area contributed by atoms with Crippen molar-refractivity contribution in [1.82, 2.24) is 9.88 Å². The van der Waals surface area contributed by atoms with Gasteiger partial charge in [0.05, 0.1) is 0 Å². The highest BCUT2D eigenvalue weighted by atomic mass is 16.4. The van der Waals surface area contributed by atoms with Crippen LogP contribution in [0.25, 0.3) is 10.9 Å². The molecule has 1 aromatic carbocycles. The Balaban J connectivity index is 2.17. The number of aryl methyl sites for hydroxylation is 1. The lowest BCUT2D eigenvalue weighted by Gasteiger charge is -2.25. The zero-order valence-corrected chi connectivity index (χ0v) is 14.8. The van der Waals surface area contributed by atoms with Gasteiger partial charge < -0.3 is 9.67 Å².